The summed E-state index contributed by atoms with van der Waals surface area (Å²) in [4.78, 5) is 132. The topological polar surface area (TPSA) is 363 Å². The van der Waals surface area contributed by atoms with Crippen LogP contribution in [0.25, 0.3) is 11.2 Å². The standard InChI is InChI=1S/C20H36N2O2.C19H22N10O2.C18H22N4O2.C18H32N2O2/c23-19(21-17-11-5-3-6-12-17)15-9-1-2-10-16-20(24)22-18-13-7-4-8-14-18;20-17-15-14(23-8-24-17)11(7-22-15)28-12(30)5-3-1-2-4-6-13(31)29-10-27-16-18(21)25-9-26-19(16)29;23-17(21-15-7-5-11-19-13-15)9-3-1-2-4-10-18(24)22-16-8-6-12-20-14-16;21-17(19-13-7-3-8-14-19)11-5-1-2-6-12-18(22)20-15-9-4-10-16-20/h17-18H,1-16H2,(H,21,23)(H,22,24);7-11H,1-6H2,(H,28,30)(H2,20,23,24)(H2,21,25,26);5-8,11-14H,1-4,9-10H2,(H,21,23)(H,22,24);1-16H2. The number of pyridine rings is 2. The summed E-state index contributed by atoms with van der Waals surface area (Å²) in [6.07, 6.45) is 50.9. The van der Waals surface area contributed by atoms with E-state index in [9.17, 15) is 38.4 Å². The summed E-state index contributed by atoms with van der Waals surface area (Å²) >= 11 is 0. The highest BCUT2D eigenvalue weighted by Crippen LogP contribution is 2.32. The van der Waals surface area contributed by atoms with Crippen molar-refractivity contribution in [3.05, 3.63) is 73.7 Å². The van der Waals surface area contributed by atoms with Crippen molar-refractivity contribution in [1.82, 2.24) is 65.2 Å². The number of carbonyl (C=O) groups excluding carboxylic acids is 8. The fraction of sp³-hybridized carbons (Fsp3) is 0.627. The van der Waals surface area contributed by atoms with Crippen LogP contribution in [-0.2, 0) is 33.6 Å². The summed E-state index contributed by atoms with van der Waals surface area (Å²) < 4.78 is 1.40. The number of carbonyl (C=O) groups is 8. The Kier molecular flexibility index (Phi) is 36.6. The van der Waals surface area contributed by atoms with Gasteiger partial charge in [0, 0.05) is 108 Å². The lowest BCUT2D eigenvalue weighted by Crippen LogP contribution is -2.36. The molecule has 5 aliphatic rings. The molecule has 10 rings (SSSR count). The summed E-state index contributed by atoms with van der Waals surface area (Å²) in [5.41, 5.74) is 14.9. The number of nitrogens with zero attached hydrogens (tertiary/aromatic N) is 11. The maximum atomic E-state index is 12.4. The van der Waals surface area contributed by atoms with Gasteiger partial charge in [-0.05, 0) is 140 Å². The van der Waals surface area contributed by atoms with Gasteiger partial charge < -0.3 is 47.9 Å². The average Bonchev–Trinajstić information content (AvgIpc) is 1.68. The number of nitrogen functional groups attached to an aromatic ring is 2. The van der Waals surface area contributed by atoms with Crippen LogP contribution in [-0.4, -0.2) is 141 Å². The molecule has 26 heteroatoms. The van der Waals surface area contributed by atoms with Crippen LogP contribution in [0.15, 0.2) is 73.0 Å². The molecule has 0 bridgehead atoms. The zero-order valence-corrected chi connectivity index (χ0v) is 59.6. The number of nitrogens with one attached hydrogen (secondary N) is 5. The molecule has 0 spiro atoms. The Balaban J connectivity index is 0.000000191. The van der Waals surface area contributed by atoms with Crippen molar-refractivity contribution in [2.24, 2.45) is 4.99 Å². The smallest absolute Gasteiger partial charge is 0.233 e. The highest BCUT2D eigenvalue weighted by atomic mass is 16.2. The lowest BCUT2D eigenvalue weighted by molar-refractivity contribution is -0.133. The zero-order valence-electron chi connectivity index (χ0n) is 59.6. The molecule has 1 unspecified atom stereocenters. The summed E-state index contributed by atoms with van der Waals surface area (Å²) in [5.74, 6) is 1.47. The van der Waals surface area contributed by atoms with E-state index in [2.05, 4.69) is 66.5 Å². The van der Waals surface area contributed by atoms with Crippen molar-refractivity contribution in [3.63, 3.8) is 0 Å². The largest absolute Gasteiger partial charge is 0.382 e. The van der Waals surface area contributed by atoms with Gasteiger partial charge in [-0.2, -0.15) is 0 Å². The van der Waals surface area contributed by atoms with Crippen LogP contribution in [0, 0.1) is 0 Å². The Hall–Kier alpha value is -8.84. The van der Waals surface area contributed by atoms with Gasteiger partial charge in [-0.15, -0.1) is 0 Å². The lowest BCUT2D eigenvalue weighted by atomic mass is 9.95. The van der Waals surface area contributed by atoms with E-state index in [4.69, 9.17) is 11.5 Å². The molecule has 9 N–H and O–H groups in total. The molecule has 2 saturated carbocycles. The first-order chi connectivity index (χ1) is 49.3. The second-order valence-corrected chi connectivity index (χ2v) is 27.2. The van der Waals surface area contributed by atoms with Gasteiger partial charge in [0.15, 0.2) is 22.8 Å². The van der Waals surface area contributed by atoms with Gasteiger partial charge in [0.05, 0.1) is 29.5 Å². The van der Waals surface area contributed by atoms with Crippen LogP contribution in [0.5, 0.6) is 0 Å². The van der Waals surface area contributed by atoms with Gasteiger partial charge in [0.1, 0.15) is 30.7 Å². The molecule has 101 heavy (non-hydrogen) atoms. The Morgan fingerprint density at radius 3 is 1.26 bits per heavy atom. The number of unbranched alkanes of at least 4 members (excludes halogenated alkanes) is 12. The number of hydrogen-bond acceptors (Lipinski definition) is 18. The van der Waals surface area contributed by atoms with E-state index in [1.807, 2.05) is 21.9 Å². The number of imidazole rings is 1. The highest BCUT2D eigenvalue weighted by molar-refractivity contribution is 5.93. The molecule has 1 atom stereocenters. The van der Waals surface area contributed by atoms with Crippen LogP contribution in [0.2, 0.25) is 0 Å². The van der Waals surface area contributed by atoms with Crippen LogP contribution in [0.3, 0.4) is 0 Å². The number of likely N-dealkylation sites (tertiary alicyclic amines) is 2. The predicted octanol–water partition coefficient (Wildman–Crippen LogP) is 12.3. The molecule has 2 aliphatic carbocycles. The minimum Gasteiger partial charge on any atom is -0.382 e. The zero-order chi connectivity index (χ0) is 71.5. The van der Waals surface area contributed by atoms with E-state index in [0.717, 1.165) is 160 Å². The summed E-state index contributed by atoms with van der Waals surface area (Å²) in [7, 11) is 0. The van der Waals surface area contributed by atoms with Gasteiger partial charge in [0.2, 0.25) is 47.3 Å². The first-order valence-corrected chi connectivity index (χ1v) is 37.7. The molecule has 550 valence electrons. The van der Waals surface area contributed by atoms with Crippen molar-refractivity contribution < 1.29 is 38.4 Å². The molecule has 0 aromatic carbocycles. The van der Waals surface area contributed by atoms with Gasteiger partial charge in [0.25, 0.3) is 0 Å². The molecule has 0 radical (unpaired) electrons. The summed E-state index contributed by atoms with van der Waals surface area (Å²) in [6, 6.07) is 7.66. The average molecular weight is 1390 g/mol. The van der Waals surface area contributed by atoms with Gasteiger partial charge in [-0.1, -0.05) is 89.9 Å². The third-order valence-electron chi connectivity index (χ3n) is 18.9. The van der Waals surface area contributed by atoms with Crippen molar-refractivity contribution in [2.75, 3.05) is 48.3 Å². The number of hydrogen-bond donors (Lipinski definition) is 7. The number of piperidine rings is 2. The van der Waals surface area contributed by atoms with E-state index in [1.54, 1.807) is 43.1 Å². The van der Waals surface area contributed by atoms with Crippen molar-refractivity contribution in [3.8, 4) is 0 Å². The third kappa shape index (κ3) is 30.9. The van der Waals surface area contributed by atoms with Crippen molar-refractivity contribution in [1.29, 1.82) is 0 Å². The molecule has 2 saturated heterocycles. The first-order valence-electron chi connectivity index (χ1n) is 37.7. The molecule has 26 nitrogen and oxygen atoms in total. The van der Waals surface area contributed by atoms with Crippen molar-refractivity contribution in [2.45, 2.75) is 275 Å². The Morgan fingerprint density at radius 2 is 0.812 bits per heavy atom. The van der Waals surface area contributed by atoms with Gasteiger partial charge >= 0.3 is 0 Å². The number of aliphatic imine (C=N–C) groups is 1. The number of nitrogens with two attached hydrogens (primary N) is 2. The lowest BCUT2D eigenvalue weighted by Gasteiger charge is -2.27. The number of amides is 7. The molecule has 7 amide bonds. The maximum absolute atomic E-state index is 12.4. The summed E-state index contributed by atoms with van der Waals surface area (Å²) in [6.45, 7) is 3.85. The van der Waals surface area contributed by atoms with E-state index in [-0.39, 0.29) is 47.3 Å². The van der Waals surface area contributed by atoms with Crippen LogP contribution in [0.4, 0.5) is 28.7 Å². The number of fused-ring (bicyclic) bond motifs is 2. The van der Waals surface area contributed by atoms with E-state index in [1.165, 1.54) is 101 Å². The number of anilines is 4. The molecule has 5 aromatic rings. The molecular weight excluding hydrogens is 1280 g/mol. The molecule has 4 fully saturated rings. The second kappa shape index (κ2) is 46.6. The van der Waals surface area contributed by atoms with Gasteiger partial charge in [-0.25, -0.2) is 24.9 Å². The minimum absolute atomic E-state index is 0.00248. The van der Waals surface area contributed by atoms with Crippen LogP contribution < -0.4 is 38.1 Å². The van der Waals surface area contributed by atoms with Gasteiger partial charge in [-0.3, -0.25) is 57.9 Å². The van der Waals surface area contributed by atoms with E-state index < -0.39 is 0 Å². The van der Waals surface area contributed by atoms with E-state index in [0.29, 0.717) is 110 Å². The second-order valence-electron chi connectivity index (χ2n) is 27.2. The number of aromatic nitrogens is 8. The molecule has 8 heterocycles. The summed E-state index contributed by atoms with van der Waals surface area (Å²) in [5, 5.41) is 14.8. The van der Waals surface area contributed by atoms with Crippen LogP contribution >= 0.6 is 0 Å². The first kappa shape index (κ1) is 79.5. The minimum atomic E-state index is -0.381. The molecular formula is C75H112N18O8. The SMILES string of the molecule is Nc1ncnc2c1N=CC2NC(=O)CCCCCCC(=O)n1cnc2c(N)ncnc21.O=C(CCCCCCC(=O)N1CCCCC1)N1CCCCC1.O=C(CCCCCCC(=O)NC1CCCCC1)NC1CCCCC1.O=C(CCCCCCC(=O)Nc1cccnc1)Nc1cccnc1. The van der Waals surface area contributed by atoms with Crippen LogP contribution in [0.1, 0.15) is 273 Å². The fourth-order valence-electron chi connectivity index (χ4n) is 13.2. The quantitative estimate of drug-likeness (QED) is 0.0192. The highest BCUT2D eigenvalue weighted by Gasteiger charge is 2.25. The number of rotatable bonds is 33. The van der Waals surface area contributed by atoms with Crippen molar-refractivity contribution >= 4 is 93.3 Å². The normalized spacial score (nSPS) is 15.8. The predicted molar refractivity (Wildman–Crippen MR) is 393 cm³/mol. The Bertz CT molecular complexity index is 3200. The maximum Gasteiger partial charge on any atom is 0.233 e. The van der Waals surface area contributed by atoms with E-state index >= 15 is 0 Å². The fourth-order valence-corrected chi connectivity index (χ4v) is 13.2. The Morgan fingerprint density at radius 1 is 0.416 bits per heavy atom. The molecule has 3 aliphatic heterocycles. The Labute approximate surface area is 596 Å². The monoisotopic (exact) mass is 1390 g/mol. The molecule has 5 aromatic heterocycles. The third-order valence-corrected chi connectivity index (χ3v) is 18.9.